The number of rotatable bonds is 4. The van der Waals surface area contributed by atoms with E-state index in [-0.39, 0.29) is 6.10 Å². The number of nitrogens with two attached hydrogens (primary N) is 1. The molecule has 1 aliphatic carbocycles. The van der Waals surface area contributed by atoms with E-state index < -0.39 is 35.0 Å². The molecule has 0 aromatic carbocycles. The summed E-state index contributed by atoms with van der Waals surface area (Å²) in [6.45, 7) is 6.46. The van der Waals surface area contributed by atoms with Crippen molar-refractivity contribution in [2.24, 2.45) is 17.8 Å². The maximum Gasteiger partial charge on any atom is 0.351 e. The number of hydrogen-bond acceptors (Lipinski definition) is 7. The van der Waals surface area contributed by atoms with Gasteiger partial charge in [0, 0.05) is 5.75 Å². The van der Waals surface area contributed by atoms with Gasteiger partial charge in [0.25, 0.3) is 0 Å². The molecule has 9 heteroatoms. The molecular weight excluding hydrogens is 373 g/mol. The smallest absolute Gasteiger partial charge is 0.351 e. The number of ether oxygens (including phenoxy) is 2. The topological polar surface area (TPSA) is 96.4 Å². The van der Waals surface area contributed by atoms with E-state index in [1.54, 1.807) is 0 Å². The van der Waals surface area contributed by atoms with E-state index in [0.29, 0.717) is 23.5 Å². The maximum absolute atomic E-state index is 13.6. The number of anilines is 1. The number of thioether (sulfide) groups is 1. The number of nitrogens with zero attached hydrogens (tertiary/aromatic N) is 2. The molecule has 1 saturated heterocycles. The molecule has 0 radical (unpaired) electrons. The maximum atomic E-state index is 13.6. The summed E-state index contributed by atoms with van der Waals surface area (Å²) in [5.41, 5.74) is 3.74. The first-order valence-electron chi connectivity index (χ1n) is 9.28. The molecule has 7 nitrogen and oxygen atoms in total. The summed E-state index contributed by atoms with van der Waals surface area (Å²) in [5, 5.41) is 0. The van der Waals surface area contributed by atoms with Crippen LogP contribution in [0, 0.1) is 23.6 Å². The zero-order valence-electron chi connectivity index (χ0n) is 15.8. The van der Waals surface area contributed by atoms with Crippen molar-refractivity contribution in [1.82, 2.24) is 9.55 Å². The van der Waals surface area contributed by atoms with Crippen LogP contribution in [0.2, 0.25) is 0 Å². The monoisotopic (exact) mass is 399 g/mol. The number of halogens is 1. The van der Waals surface area contributed by atoms with E-state index in [9.17, 15) is 14.0 Å². The lowest BCUT2D eigenvalue weighted by Gasteiger charge is -2.37. The lowest BCUT2D eigenvalue weighted by atomic mass is 9.75. The molecule has 0 bridgehead atoms. The molecule has 1 aliphatic heterocycles. The number of aromatic nitrogens is 2. The van der Waals surface area contributed by atoms with Gasteiger partial charge in [0.05, 0.1) is 6.20 Å². The summed E-state index contributed by atoms with van der Waals surface area (Å²) in [5.74, 6) is -0.0872. The van der Waals surface area contributed by atoms with Crippen molar-refractivity contribution in [2.75, 3.05) is 11.5 Å². The van der Waals surface area contributed by atoms with Gasteiger partial charge in [-0.15, -0.1) is 11.8 Å². The normalized spacial score (nSPS) is 31.2. The van der Waals surface area contributed by atoms with Crippen molar-refractivity contribution in [3.63, 3.8) is 0 Å². The Morgan fingerprint density at radius 2 is 2.22 bits per heavy atom. The van der Waals surface area contributed by atoms with E-state index in [0.717, 1.165) is 30.0 Å². The van der Waals surface area contributed by atoms with Crippen molar-refractivity contribution in [1.29, 1.82) is 0 Å². The quantitative estimate of drug-likeness (QED) is 0.777. The first-order chi connectivity index (χ1) is 12.8. The fourth-order valence-corrected chi connectivity index (χ4v) is 4.76. The van der Waals surface area contributed by atoms with Gasteiger partial charge in [-0.05, 0) is 30.6 Å². The molecule has 150 valence electrons. The fourth-order valence-electron chi connectivity index (χ4n) is 3.78. The summed E-state index contributed by atoms with van der Waals surface area (Å²) in [6, 6.07) is 0. The highest BCUT2D eigenvalue weighted by Gasteiger charge is 2.39. The SMILES string of the molecule is CC(C)[C@@H]1CC[C@@H](C)C[C@H]1OC(=O)[C@@H]1O[C@H](n2cc(F)c(N)nc2=O)CS1. The zero-order chi connectivity index (χ0) is 19.7. The van der Waals surface area contributed by atoms with Crippen molar-refractivity contribution in [3.05, 3.63) is 22.5 Å². The summed E-state index contributed by atoms with van der Waals surface area (Å²) in [7, 11) is 0. The Labute approximate surface area is 161 Å². The van der Waals surface area contributed by atoms with E-state index in [1.807, 2.05) is 0 Å². The van der Waals surface area contributed by atoms with Crippen LogP contribution in [0.5, 0.6) is 0 Å². The second-order valence-electron chi connectivity index (χ2n) is 7.72. The predicted molar refractivity (Wildman–Crippen MR) is 100 cm³/mol. The molecule has 2 aliphatic rings. The lowest BCUT2D eigenvalue weighted by Crippen LogP contribution is -2.38. The van der Waals surface area contributed by atoms with Crippen LogP contribution in [0.1, 0.15) is 46.3 Å². The Kier molecular flexibility index (Phi) is 6.10. The van der Waals surface area contributed by atoms with Crippen molar-refractivity contribution in [3.8, 4) is 0 Å². The van der Waals surface area contributed by atoms with E-state index in [4.69, 9.17) is 15.2 Å². The average Bonchev–Trinajstić information content (AvgIpc) is 3.08. The van der Waals surface area contributed by atoms with E-state index in [2.05, 4.69) is 25.8 Å². The minimum atomic E-state index is -0.840. The number of carbonyl (C=O) groups excluding carboxylic acids is 1. The third-order valence-corrected chi connectivity index (χ3v) is 6.42. The summed E-state index contributed by atoms with van der Waals surface area (Å²) in [6.07, 6.45) is 3.09. The summed E-state index contributed by atoms with van der Waals surface area (Å²) >= 11 is 1.23. The minimum absolute atomic E-state index is 0.122. The first kappa shape index (κ1) is 20.1. The third kappa shape index (κ3) is 4.45. The molecule has 5 atom stereocenters. The van der Waals surface area contributed by atoms with Crippen LogP contribution in [0.25, 0.3) is 0 Å². The molecule has 1 saturated carbocycles. The fraction of sp³-hybridized carbons (Fsp3) is 0.722. The molecule has 0 unspecified atom stereocenters. The molecule has 0 amide bonds. The highest BCUT2D eigenvalue weighted by Crippen LogP contribution is 2.37. The third-order valence-electron chi connectivity index (χ3n) is 5.34. The standard InChI is InChI=1S/C18H26FN3O4S/c1-9(2)11-5-4-10(3)6-13(11)25-16(23)17-26-14(8-27-17)22-7-12(19)15(20)21-18(22)24/h7,9-11,13-14,17H,4-6,8H2,1-3H3,(H2,20,21,24)/t10-,11+,13-,14+,17-/m1/s1. The van der Waals surface area contributed by atoms with Crippen molar-refractivity contribution in [2.45, 2.75) is 57.8 Å². The second kappa shape index (κ2) is 8.18. The lowest BCUT2D eigenvalue weighted by molar-refractivity contribution is -0.166. The van der Waals surface area contributed by atoms with E-state index >= 15 is 0 Å². The highest BCUT2D eigenvalue weighted by atomic mass is 32.2. The first-order valence-corrected chi connectivity index (χ1v) is 10.3. The molecule has 2 heterocycles. The number of hydrogen-bond donors (Lipinski definition) is 1. The molecule has 1 aromatic rings. The van der Waals surface area contributed by atoms with Gasteiger partial charge in [-0.25, -0.2) is 14.0 Å². The van der Waals surface area contributed by atoms with Gasteiger partial charge in [-0.1, -0.05) is 27.2 Å². The molecule has 0 spiro atoms. The number of esters is 1. The summed E-state index contributed by atoms with van der Waals surface area (Å²) in [4.78, 5) is 28.0. The van der Waals surface area contributed by atoms with Crippen LogP contribution in [0.15, 0.2) is 11.0 Å². The highest BCUT2D eigenvalue weighted by molar-refractivity contribution is 8.00. The average molecular weight is 399 g/mol. The predicted octanol–water partition coefficient (Wildman–Crippen LogP) is 2.56. The molecule has 2 fully saturated rings. The van der Waals surface area contributed by atoms with Gasteiger partial charge in [-0.3, -0.25) is 4.57 Å². The molecular formula is C18H26FN3O4S. The van der Waals surface area contributed by atoms with Crippen LogP contribution in [-0.4, -0.2) is 32.8 Å². The van der Waals surface area contributed by atoms with Gasteiger partial charge in [0.2, 0.25) is 5.44 Å². The Bertz CT molecular complexity index is 757. The Balaban J connectivity index is 1.65. The van der Waals surface area contributed by atoms with Gasteiger partial charge >= 0.3 is 11.7 Å². The van der Waals surface area contributed by atoms with Crippen LogP contribution in [0.3, 0.4) is 0 Å². The van der Waals surface area contributed by atoms with Crippen LogP contribution < -0.4 is 11.4 Å². The van der Waals surface area contributed by atoms with E-state index in [1.165, 1.54) is 11.8 Å². The Morgan fingerprint density at radius 1 is 1.48 bits per heavy atom. The van der Waals surface area contributed by atoms with Gasteiger partial charge in [0.15, 0.2) is 11.6 Å². The number of carbonyl (C=O) groups is 1. The van der Waals surface area contributed by atoms with Gasteiger partial charge < -0.3 is 15.2 Å². The largest absolute Gasteiger partial charge is 0.459 e. The van der Waals surface area contributed by atoms with Crippen LogP contribution >= 0.6 is 11.8 Å². The van der Waals surface area contributed by atoms with Gasteiger partial charge in [0.1, 0.15) is 12.3 Å². The van der Waals surface area contributed by atoms with Crippen molar-refractivity contribution >= 4 is 23.5 Å². The van der Waals surface area contributed by atoms with Crippen LogP contribution in [0.4, 0.5) is 10.2 Å². The molecule has 27 heavy (non-hydrogen) atoms. The van der Waals surface area contributed by atoms with Crippen molar-refractivity contribution < 1.29 is 18.7 Å². The minimum Gasteiger partial charge on any atom is -0.459 e. The Hall–Kier alpha value is -1.61. The summed E-state index contributed by atoms with van der Waals surface area (Å²) < 4.78 is 26.1. The molecule has 2 N–H and O–H groups in total. The Morgan fingerprint density at radius 3 is 2.93 bits per heavy atom. The molecule has 3 rings (SSSR count). The molecule has 1 aromatic heterocycles. The number of nitrogen functional groups attached to an aromatic ring is 1. The zero-order valence-corrected chi connectivity index (χ0v) is 16.6. The van der Waals surface area contributed by atoms with Crippen LogP contribution in [-0.2, 0) is 14.3 Å². The van der Waals surface area contributed by atoms with Gasteiger partial charge in [-0.2, -0.15) is 4.98 Å². The second-order valence-corrected chi connectivity index (χ2v) is 8.82.